The minimum atomic E-state index is 1.76. The van der Waals surface area contributed by atoms with E-state index in [0.717, 1.165) is 0 Å². The second-order valence-corrected chi connectivity index (χ2v) is 0.747. The van der Waals surface area contributed by atoms with E-state index in [1.807, 2.05) is 0 Å². The van der Waals surface area contributed by atoms with E-state index in [4.69, 9.17) is 0 Å². The number of hydrogen-bond donors (Lipinski definition) is 1. The molecule has 0 amide bonds. The maximum absolute atomic E-state index is 2.68. The summed E-state index contributed by atoms with van der Waals surface area (Å²) in [6.07, 6.45) is 5.36. The average molecular weight is 65.1 g/mol. The molecule has 1 N–H and O–H groups in total. The molecule has 1 aromatic heterocycles. The van der Waals surface area contributed by atoms with Crippen molar-refractivity contribution in [1.82, 2.24) is 4.98 Å². The molecule has 1 rings (SSSR count). The summed E-state index contributed by atoms with van der Waals surface area (Å²) in [6.45, 7) is 0. The third-order valence-corrected chi connectivity index (χ3v) is 0.394. The highest BCUT2D eigenvalue weighted by Gasteiger charge is 1.59. The zero-order valence-corrected chi connectivity index (χ0v) is 2.65. The van der Waals surface area contributed by atoms with Gasteiger partial charge in [0.05, 0.1) is 12.4 Å². The van der Waals surface area contributed by atoms with Gasteiger partial charge >= 0.3 is 0 Å². The lowest BCUT2D eigenvalue weighted by molar-refractivity contribution is 1.38. The number of aromatic amines is 1. The summed E-state index contributed by atoms with van der Waals surface area (Å²) in [7, 11) is 0. The van der Waals surface area contributed by atoms with Gasteiger partial charge in [-0.05, 0) is 12.1 Å². The van der Waals surface area contributed by atoms with E-state index in [1.165, 1.54) is 0 Å². The van der Waals surface area contributed by atoms with Crippen LogP contribution in [0, 0.1) is 12.4 Å². The van der Waals surface area contributed by atoms with Gasteiger partial charge in [-0.3, -0.25) is 0 Å². The first-order valence-corrected chi connectivity index (χ1v) is 1.41. The van der Waals surface area contributed by atoms with E-state index >= 15 is 0 Å². The molecule has 0 fully saturated rings. The van der Waals surface area contributed by atoms with Crippen molar-refractivity contribution in [3.8, 4) is 0 Å². The normalized spacial score (nSPS) is 8.00. The summed E-state index contributed by atoms with van der Waals surface area (Å²) in [5.74, 6) is 0. The molecule has 1 aromatic rings. The molecule has 0 saturated heterocycles. The Morgan fingerprint density at radius 3 is 2.00 bits per heavy atom. The van der Waals surface area contributed by atoms with Crippen LogP contribution in [0.5, 0.6) is 0 Å². The third kappa shape index (κ3) is 0.293. The van der Waals surface area contributed by atoms with Gasteiger partial charge in [-0.2, -0.15) is 0 Å². The number of rotatable bonds is 0. The van der Waals surface area contributed by atoms with Gasteiger partial charge in [-0.1, -0.05) is 0 Å². The zero-order chi connectivity index (χ0) is 3.54. The Morgan fingerprint density at radius 1 is 1.20 bits per heavy atom. The first-order valence-electron chi connectivity index (χ1n) is 1.41. The minimum absolute atomic E-state index is 1.76. The molecule has 5 heavy (non-hydrogen) atoms. The first kappa shape index (κ1) is 2.51. The molecule has 0 spiro atoms. The van der Waals surface area contributed by atoms with Crippen molar-refractivity contribution in [1.29, 1.82) is 0 Å². The fourth-order valence-corrected chi connectivity index (χ4v) is 0.208. The van der Waals surface area contributed by atoms with Crippen LogP contribution >= 0.6 is 0 Å². The predicted octanol–water partition coefficient (Wildman–Crippen LogP) is 0.615. The lowest BCUT2D eigenvalue weighted by Gasteiger charge is -1.45. The van der Waals surface area contributed by atoms with Gasteiger partial charge in [0.25, 0.3) is 0 Å². The Labute approximate surface area is 30.6 Å². The van der Waals surface area contributed by atoms with Crippen molar-refractivity contribution in [2.24, 2.45) is 0 Å². The SMILES string of the molecule is [c]1cc[c][nH]1. The molecule has 0 bridgehead atoms. The molecule has 1 heteroatoms. The topological polar surface area (TPSA) is 15.8 Å². The Hall–Kier alpha value is -0.720. The zero-order valence-electron chi connectivity index (χ0n) is 2.65. The van der Waals surface area contributed by atoms with Crippen molar-refractivity contribution >= 4 is 0 Å². The molecule has 0 saturated carbocycles. The maximum Gasteiger partial charge on any atom is 0.0624 e. The lowest BCUT2D eigenvalue weighted by Crippen LogP contribution is -1.42. The van der Waals surface area contributed by atoms with Crippen LogP contribution < -0.4 is 0 Å². The van der Waals surface area contributed by atoms with E-state index in [1.54, 1.807) is 12.1 Å². The van der Waals surface area contributed by atoms with Crippen LogP contribution in [-0.4, -0.2) is 4.98 Å². The first-order chi connectivity index (χ1) is 2.50. The van der Waals surface area contributed by atoms with Crippen LogP contribution in [0.15, 0.2) is 12.1 Å². The van der Waals surface area contributed by atoms with Gasteiger partial charge in [0.15, 0.2) is 0 Å². The van der Waals surface area contributed by atoms with E-state index in [-0.39, 0.29) is 0 Å². The predicted molar refractivity (Wildman–Crippen MR) is 18.5 cm³/mol. The van der Waals surface area contributed by atoms with Gasteiger partial charge < -0.3 is 4.98 Å². The molecule has 0 atom stereocenters. The molecule has 0 aliphatic rings. The molecular weight excluding hydrogens is 62.1 g/mol. The van der Waals surface area contributed by atoms with Crippen LogP contribution in [-0.2, 0) is 0 Å². The largest absolute Gasteiger partial charge is 0.352 e. The second-order valence-electron chi connectivity index (χ2n) is 0.747. The van der Waals surface area contributed by atoms with Crippen molar-refractivity contribution in [2.45, 2.75) is 0 Å². The highest BCUT2D eigenvalue weighted by molar-refractivity contribution is 4.80. The Morgan fingerprint density at radius 2 is 1.80 bits per heavy atom. The maximum atomic E-state index is 2.68. The number of hydrogen-bond acceptors (Lipinski definition) is 0. The van der Waals surface area contributed by atoms with Crippen LogP contribution in [0.2, 0.25) is 0 Å². The van der Waals surface area contributed by atoms with Gasteiger partial charge in [-0.15, -0.1) is 0 Å². The van der Waals surface area contributed by atoms with E-state index < -0.39 is 0 Å². The Balaban J connectivity index is 3.13. The third-order valence-electron chi connectivity index (χ3n) is 0.394. The molecule has 1 heterocycles. The smallest absolute Gasteiger partial charge is 0.0624 e. The van der Waals surface area contributed by atoms with Gasteiger partial charge in [0.2, 0.25) is 0 Å². The van der Waals surface area contributed by atoms with E-state index in [9.17, 15) is 0 Å². The average Bonchev–Trinajstić information content (AvgIpc) is 1.76. The van der Waals surface area contributed by atoms with Crippen molar-refractivity contribution < 1.29 is 0 Å². The number of H-pyrrole nitrogens is 1. The minimum Gasteiger partial charge on any atom is -0.352 e. The van der Waals surface area contributed by atoms with Crippen LogP contribution in [0.25, 0.3) is 0 Å². The molecule has 24 valence electrons. The highest BCUT2D eigenvalue weighted by atomic mass is 14.6. The van der Waals surface area contributed by atoms with Crippen molar-refractivity contribution in [3.05, 3.63) is 24.5 Å². The van der Waals surface area contributed by atoms with E-state index in [0.29, 0.717) is 0 Å². The molecular formula is C4H3N. The number of aromatic nitrogens is 1. The Kier molecular flexibility index (Phi) is 0.468. The number of nitrogens with one attached hydrogen (secondary N) is 1. The Bertz CT molecular complexity index is 60.1. The monoisotopic (exact) mass is 65.0 g/mol. The molecule has 0 unspecified atom stereocenters. The fourth-order valence-electron chi connectivity index (χ4n) is 0.208. The highest BCUT2D eigenvalue weighted by Crippen LogP contribution is 1.69. The second kappa shape index (κ2) is 0.931. The summed E-state index contributed by atoms with van der Waals surface area (Å²) >= 11 is 0. The quantitative estimate of drug-likeness (QED) is 0.456. The molecule has 0 aromatic carbocycles. The van der Waals surface area contributed by atoms with Gasteiger partial charge in [-0.25, -0.2) is 0 Å². The van der Waals surface area contributed by atoms with Gasteiger partial charge in [0.1, 0.15) is 0 Å². The molecule has 0 aliphatic carbocycles. The van der Waals surface area contributed by atoms with E-state index in [2.05, 4.69) is 17.4 Å². The summed E-state index contributed by atoms with van der Waals surface area (Å²) in [4.78, 5) is 2.61. The molecule has 2 radical (unpaired) electrons. The standard InChI is InChI=1S/C4H3N/c1-2-4-5-3-1/h1-2,5H. The van der Waals surface area contributed by atoms with Crippen LogP contribution in [0.1, 0.15) is 0 Å². The van der Waals surface area contributed by atoms with Crippen molar-refractivity contribution in [2.75, 3.05) is 0 Å². The lowest BCUT2D eigenvalue weighted by atomic mass is 10.7. The van der Waals surface area contributed by atoms with Crippen molar-refractivity contribution in [3.63, 3.8) is 0 Å². The fraction of sp³-hybridized carbons (Fsp3) is 0. The van der Waals surface area contributed by atoms with Gasteiger partial charge in [0, 0.05) is 0 Å². The molecule has 0 aliphatic heterocycles. The van der Waals surface area contributed by atoms with Crippen LogP contribution in [0.3, 0.4) is 0 Å². The van der Waals surface area contributed by atoms with Crippen LogP contribution in [0.4, 0.5) is 0 Å². The summed E-state index contributed by atoms with van der Waals surface area (Å²) in [5, 5.41) is 0. The summed E-state index contributed by atoms with van der Waals surface area (Å²) < 4.78 is 0. The summed E-state index contributed by atoms with van der Waals surface area (Å²) in [5.41, 5.74) is 0. The molecule has 1 nitrogen and oxygen atoms in total. The summed E-state index contributed by atoms with van der Waals surface area (Å²) in [6, 6.07) is 3.53.